The number of halogens is 1. The van der Waals surface area contributed by atoms with Crippen LogP contribution in [0, 0.1) is 5.82 Å². The van der Waals surface area contributed by atoms with E-state index in [-0.39, 0.29) is 24.2 Å². The fourth-order valence-corrected chi connectivity index (χ4v) is 3.98. The molecule has 4 heterocycles. The number of benzene rings is 1. The molecule has 35 heavy (non-hydrogen) atoms. The van der Waals surface area contributed by atoms with Crippen molar-refractivity contribution in [2.45, 2.75) is 6.54 Å². The van der Waals surface area contributed by atoms with E-state index in [4.69, 9.17) is 0 Å². The van der Waals surface area contributed by atoms with Crippen LogP contribution in [-0.2, 0) is 11.3 Å². The molecule has 1 fully saturated rings. The lowest BCUT2D eigenvalue weighted by atomic mass is 10.2. The monoisotopic (exact) mass is 474 g/mol. The van der Waals surface area contributed by atoms with Crippen molar-refractivity contribution in [3.05, 3.63) is 78.7 Å². The number of rotatable bonds is 6. The fourth-order valence-electron chi connectivity index (χ4n) is 3.98. The number of aromatic nitrogens is 5. The van der Waals surface area contributed by atoms with Gasteiger partial charge in [-0.25, -0.2) is 19.0 Å². The van der Waals surface area contributed by atoms with Crippen LogP contribution in [0.15, 0.2) is 61.7 Å². The first kappa shape index (κ1) is 22.3. The summed E-state index contributed by atoms with van der Waals surface area (Å²) in [5.74, 6) is -0.0899. The highest BCUT2D eigenvalue weighted by atomic mass is 19.1. The SMILES string of the molecule is C=CC(=O)N1CCN(c2cnc3[nH]cc(C(=O)NCc4cnn(-c5cccc(F)c5)c4)c3n2)CC1. The van der Waals surface area contributed by atoms with E-state index >= 15 is 0 Å². The maximum atomic E-state index is 13.5. The Bertz CT molecular complexity index is 1400. The van der Waals surface area contributed by atoms with E-state index in [0.29, 0.717) is 54.4 Å². The van der Waals surface area contributed by atoms with Gasteiger partial charge < -0.3 is 20.1 Å². The Hall–Kier alpha value is -4.54. The van der Waals surface area contributed by atoms with Crippen molar-refractivity contribution in [3.63, 3.8) is 0 Å². The van der Waals surface area contributed by atoms with E-state index < -0.39 is 0 Å². The van der Waals surface area contributed by atoms with Gasteiger partial charge in [-0.2, -0.15) is 5.10 Å². The Morgan fingerprint density at radius 3 is 2.80 bits per heavy atom. The van der Waals surface area contributed by atoms with Crippen molar-refractivity contribution in [1.82, 2.24) is 34.9 Å². The van der Waals surface area contributed by atoms with Crippen LogP contribution < -0.4 is 10.2 Å². The molecule has 1 aliphatic heterocycles. The molecule has 1 saturated heterocycles. The number of H-pyrrole nitrogens is 1. The third-order valence-electron chi connectivity index (χ3n) is 5.86. The van der Waals surface area contributed by atoms with Crippen molar-refractivity contribution in [3.8, 4) is 5.69 Å². The number of hydrogen-bond acceptors (Lipinski definition) is 6. The molecule has 3 aromatic heterocycles. The van der Waals surface area contributed by atoms with Gasteiger partial charge in [-0.3, -0.25) is 9.59 Å². The molecule has 11 heteroatoms. The Kier molecular flexibility index (Phi) is 5.96. The molecule has 2 N–H and O–H groups in total. The summed E-state index contributed by atoms with van der Waals surface area (Å²) in [5, 5.41) is 7.11. The third kappa shape index (κ3) is 4.60. The predicted octanol–water partition coefficient (Wildman–Crippen LogP) is 2.05. The highest BCUT2D eigenvalue weighted by Crippen LogP contribution is 2.20. The summed E-state index contributed by atoms with van der Waals surface area (Å²) in [7, 11) is 0. The Morgan fingerprint density at radius 2 is 2.03 bits per heavy atom. The van der Waals surface area contributed by atoms with Gasteiger partial charge in [0.15, 0.2) is 5.65 Å². The van der Waals surface area contributed by atoms with Crippen LogP contribution in [0.5, 0.6) is 0 Å². The van der Waals surface area contributed by atoms with Crippen LogP contribution >= 0.6 is 0 Å². The zero-order chi connectivity index (χ0) is 24.4. The maximum absolute atomic E-state index is 13.5. The first-order valence-electron chi connectivity index (χ1n) is 11.1. The number of anilines is 1. The van der Waals surface area contributed by atoms with Crippen LogP contribution in [0.4, 0.5) is 10.2 Å². The number of carbonyl (C=O) groups is 2. The minimum absolute atomic E-state index is 0.0859. The first-order valence-corrected chi connectivity index (χ1v) is 11.1. The molecule has 5 rings (SSSR count). The maximum Gasteiger partial charge on any atom is 0.255 e. The minimum Gasteiger partial charge on any atom is -0.352 e. The van der Waals surface area contributed by atoms with Gasteiger partial charge in [0.2, 0.25) is 5.91 Å². The molecule has 0 saturated carbocycles. The second kappa shape index (κ2) is 9.37. The summed E-state index contributed by atoms with van der Waals surface area (Å²) in [6, 6.07) is 6.11. The average Bonchev–Trinajstić information content (AvgIpc) is 3.54. The topological polar surface area (TPSA) is 112 Å². The Balaban J connectivity index is 1.27. The number of nitrogens with zero attached hydrogens (tertiary/aromatic N) is 6. The van der Waals surface area contributed by atoms with Crippen LogP contribution in [0.1, 0.15) is 15.9 Å². The van der Waals surface area contributed by atoms with Crippen molar-refractivity contribution >= 4 is 28.8 Å². The number of carbonyl (C=O) groups excluding carboxylic acids is 2. The molecule has 2 amide bonds. The first-order chi connectivity index (χ1) is 17.0. The number of piperazine rings is 1. The molecule has 10 nitrogen and oxygen atoms in total. The molecular formula is C24H23FN8O2. The van der Waals surface area contributed by atoms with Crippen LogP contribution in [-0.4, -0.2) is 67.6 Å². The van der Waals surface area contributed by atoms with E-state index in [1.165, 1.54) is 18.2 Å². The highest BCUT2D eigenvalue weighted by Gasteiger charge is 2.22. The lowest BCUT2D eigenvalue weighted by Gasteiger charge is -2.34. The second-order valence-electron chi connectivity index (χ2n) is 8.10. The van der Waals surface area contributed by atoms with Crippen molar-refractivity contribution in [2.24, 2.45) is 0 Å². The largest absolute Gasteiger partial charge is 0.352 e. The number of amides is 2. The van der Waals surface area contributed by atoms with Crippen molar-refractivity contribution in [1.29, 1.82) is 0 Å². The standard InChI is InChI=1S/C24H23FN8O2/c1-2-21(34)32-8-6-31(7-9-32)20-14-27-23-22(30-20)19(13-26-23)24(35)28-11-16-12-29-33(15-16)18-5-3-4-17(25)10-18/h2-5,10,12-15H,1,6-9,11H2,(H,26,27)(H,28,35). The number of aromatic amines is 1. The lowest BCUT2D eigenvalue weighted by Crippen LogP contribution is -2.48. The van der Waals surface area contributed by atoms with Gasteiger partial charge in [0.25, 0.3) is 5.91 Å². The number of nitrogens with one attached hydrogen (secondary N) is 2. The van der Waals surface area contributed by atoms with E-state index in [9.17, 15) is 14.0 Å². The molecule has 0 atom stereocenters. The van der Waals surface area contributed by atoms with Crippen LogP contribution in [0.2, 0.25) is 0 Å². The van der Waals surface area contributed by atoms with Crippen LogP contribution in [0.3, 0.4) is 0 Å². The molecule has 1 aromatic carbocycles. The molecular weight excluding hydrogens is 451 g/mol. The molecule has 0 unspecified atom stereocenters. The Labute approximate surface area is 200 Å². The summed E-state index contributed by atoms with van der Waals surface area (Å²) in [6.45, 7) is 6.13. The minimum atomic E-state index is -0.347. The van der Waals surface area contributed by atoms with Gasteiger partial charge in [0, 0.05) is 50.7 Å². The second-order valence-corrected chi connectivity index (χ2v) is 8.10. The van der Waals surface area contributed by atoms with Gasteiger partial charge in [-0.1, -0.05) is 12.6 Å². The van der Waals surface area contributed by atoms with E-state index in [1.807, 2.05) is 4.90 Å². The van der Waals surface area contributed by atoms with Crippen molar-refractivity contribution < 1.29 is 14.0 Å². The molecule has 0 radical (unpaired) electrons. The van der Waals surface area contributed by atoms with Gasteiger partial charge in [0.1, 0.15) is 17.2 Å². The summed E-state index contributed by atoms with van der Waals surface area (Å²) >= 11 is 0. The van der Waals surface area contributed by atoms with Crippen LogP contribution in [0.25, 0.3) is 16.9 Å². The normalized spacial score (nSPS) is 13.7. The average molecular weight is 475 g/mol. The zero-order valence-electron chi connectivity index (χ0n) is 18.8. The summed E-state index contributed by atoms with van der Waals surface area (Å²) in [4.78, 5) is 40.6. The third-order valence-corrected chi connectivity index (χ3v) is 5.86. The Morgan fingerprint density at radius 1 is 1.20 bits per heavy atom. The number of hydrogen-bond donors (Lipinski definition) is 2. The van der Waals surface area contributed by atoms with Crippen molar-refractivity contribution in [2.75, 3.05) is 31.1 Å². The van der Waals surface area contributed by atoms with E-state index in [1.54, 1.807) is 46.5 Å². The molecule has 0 spiro atoms. The summed E-state index contributed by atoms with van der Waals surface area (Å²) < 4.78 is 15.0. The smallest absolute Gasteiger partial charge is 0.255 e. The fraction of sp³-hybridized carbons (Fsp3) is 0.208. The van der Waals surface area contributed by atoms with Gasteiger partial charge in [-0.15, -0.1) is 0 Å². The predicted molar refractivity (Wildman–Crippen MR) is 128 cm³/mol. The van der Waals surface area contributed by atoms with Gasteiger partial charge in [0.05, 0.1) is 23.6 Å². The molecule has 4 aromatic rings. The quantitative estimate of drug-likeness (QED) is 0.414. The lowest BCUT2D eigenvalue weighted by molar-refractivity contribution is -0.126. The molecule has 1 aliphatic rings. The molecule has 178 valence electrons. The molecule has 0 aliphatic carbocycles. The van der Waals surface area contributed by atoms with E-state index in [0.717, 1.165) is 5.56 Å². The highest BCUT2D eigenvalue weighted by molar-refractivity contribution is 6.04. The zero-order valence-corrected chi connectivity index (χ0v) is 18.8. The molecule has 0 bridgehead atoms. The van der Waals surface area contributed by atoms with E-state index in [2.05, 4.69) is 31.9 Å². The van der Waals surface area contributed by atoms with Gasteiger partial charge in [-0.05, 0) is 24.3 Å². The number of fused-ring (bicyclic) bond motifs is 1. The summed E-state index contributed by atoms with van der Waals surface area (Å²) in [6.07, 6.45) is 7.92. The van der Waals surface area contributed by atoms with Gasteiger partial charge >= 0.3 is 0 Å². The summed E-state index contributed by atoms with van der Waals surface area (Å²) in [5.41, 5.74) is 2.73.